The molecule has 2 heterocycles. The number of hydrogen-bond donors (Lipinski definition) is 1. The third kappa shape index (κ3) is 3.00. The molecule has 4 heteroatoms. The lowest BCUT2D eigenvalue weighted by molar-refractivity contribution is 0.0487. The predicted molar refractivity (Wildman–Crippen MR) is 79.5 cm³/mol. The molecule has 0 saturated heterocycles. The molecule has 21 heavy (non-hydrogen) atoms. The number of para-hydroxylation sites is 1. The number of rotatable bonds is 4. The summed E-state index contributed by atoms with van der Waals surface area (Å²) in [6.07, 6.45) is 3.09. The summed E-state index contributed by atoms with van der Waals surface area (Å²) in [6, 6.07) is 9.70. The molecule has 1 aliphatic rings. The second kappa shape index (κ2) is 5.74. The molecule has 2 unspecified atom stereocenters. The number of hydrogen-bond acceptors (Lipinski definition) is 4. The van der Waals surface area contributed by atoms with Gasteiger partial charge < -0.3 is 14.6 Å². The zero-order chi connectivity index (χ0) is 14.8. The van der Waals surface area contributed by atoms with Crippen molar-refractivity contribution in [3.63, 3.8) is 0 Å². The lowest BCUT2D eigenvalue weighted by Crippen LogP contribution is -2.23. The van der Waals surface area contributed by atoms with Crippen LogP contribution in [0.15, 0.2) is 42.7 Å². The van der Waals surface area contributed by atoms with Gasteiger partial charge >= 0.3 is 0 Å². The van der Waals surface area contributed by atoms with E-state index in [0.29, 0.717) is 17.7 Å². The second-order valence-corrected chi connectivity index (χ2v) is 5.53. The number of aliphatic hydroxyl groups is 1. The predicted octanol–water partition coefficient (Wildman–Crippen LogP) is 2.91. The second-order valence-electron chi connectivity index (χ2n) is 5.53. The number of aromatic nitrogens is 1. The van der Waals surface area contributed by atoms with E-state index in [1.807, 2.05) is 44.2 Å². The third-order valence-corrected chi connectivity index (χ3v) is 3.47. The normalized spacial score (nSPS) is 18.2. The lowest BCUT2D eigenvalue weighted by atomic mass is 10.0. The quantitative estimate of drug-likeness (QED) is 0.938. The van der Waals surface area contributed by atoms with E-state index in [9.17, 15) is 5.11 Å². The minimum atomic E-state index is -0.722. The van der Waals surface area contributed by atoms with Crippen molar-refractivity contribution in [1.82, 2.24) is 4.98 Å². The fourth-order valence-corrected chi connectivity index (χ4v) is 2.53. The molecule has 1 N–H and O–H groups in total. The summed E-state index contributed by atoms with van der Waals surface area (Å²) >= 11 is 0. The van der Waals surface area contributed by atoms with Crippen LogP contribution in [0, 0.1) is 0 Å². The summed E-state index contributed by atoms with van der Waals surface area (Å²) < 4.78 is 11.4. The number of aliphatic hydroxyl groups excluding tert-OH is 1. The van der Waals surface area contributed by atoms with Crippen LogP contribution < -0.4 is 9.47 Å². The van der Waals surface area contributed by atoms with Gasteiger partial charge in [0.2, 0.25) is 0 Å². The van der Waals surface area contributed by atoms with Gasteiger partial charge in [0, 0.05) is 18.2 Å². The first kappa shape index (κ1) is 13.9. The van der Waals surface area contributed by atoms with Gasteiger partial charge in [-0.2, -0.15) is 0 Å². The maximum Gasteiger partial charge on any atom is 0.138 e. The van der Waals surface area contributed by atoms with Crippen LogP contribution >= 0.6 is 0 Å². The van der Waals surface area contributed by atoms with Gasteiger partial charge in [-0.1, -0.05) is 18.2 Å². The fourth-order valence-electron chi connectivity index (χ4n) is 2.53. The smallest absolute Gasteiger partial charge is 0.138 e. The molecule has 0 saturated carbocycles. The lowest BCUT2D eigenvalue weighted by Gasteiger charge is -2.19. The minimum absolute atomic E-state index is 0.0752. The third-order valence-electron chi connectivity index (χ3n) is 3.47. The van der Waals surface area contributed by atoms with Crippen LogP contribution in [0.25, 0.3) is 0 Å². The first-order valence-corrected chi connectivity index (χ1v) is 7.17. The van der Waals surface area contributed by atoms with E-state index in [2.05, 4.69) is 4.98 Å². The first-order chi connectivity index (χ1) is 10.1. The van der Waals surface area contributed by atoms with Crippen molar-refractivity contribution in [3.05, 3.63) is 53.9 Å². The van der Waals surface area contributed by atoms with Crippen molar-refractivity contribution in [3.8, 4) is 11.5 Å². The molecule has 0 bridgehead atoms. The molecule has 0 aliphatic carbocycles. The largest absolute Gasteiger partial charge is 0.489 e. The highest BCUT2D eigenvalue weighted by molar-refractivity contribution is 5.38. The summed E-state index contributed by atoms with van der Waals surface area (Å²) in [5.41, 5.74) is 1.84. The zero-order valence-corrected chi connectivity index (χ0v) is 12.2. The van der Waals surface area contributed by atoms with Crippen LogP contribution in [0.5, 0.6) is 11.5 Å². The average molecular weight is 285 g/mol. The van der Waals surface area contributed by atoms with Gasteiger partial charge in [0.05, 0.1) is 12.3 Å². The molecule has 3 rings (SSSR count). The Morgan fingerprint density at radius 3 is 2.86 bits per heavy atom. The van der Waals surface area contributed by atoms with Crippen molar-refractivity contribution < 1.29 is 14.6 Å². The number of pyridine rings is 1. The number of fused-ring (bicyclic) bond motifs is 1. The number of ether oxygens (including phenoxy) is 2. The van der Waals surface area contributed by atoms with Gasteiger partial charge in [0.25, 0.3) is 0 Å². The van der Waals surface area contributed by atoms with Crippen molar-refractivity contribution in [2.45, 2.75) is 38.6 Å². The summed E-state index contributed by atoms with van der Waals surface area (Å²) in [4.78, 5) is 4.14. The molecule has 0 radical (unpaired) electrons. The molecule has 0 spiro atoms. The Morgan fingerprint density at radius 1 is 1.29 bits per heavy atom. The van der Waals surface area contributed by atoms with E-state index in [4.69, 9.17) is 9.47 Å². The zero-order valence-electron chi connectivity index (χ0n) is 12.2. The Labute approximate surface area is 124 Å². The van der Waals surface area contributed by atoms with Crippen LogP contribution in [0.3, 0.4) is 0 Å². The van der Waals surface area contributed by atoms with Crippen molar-refractivity contribution in [2.24, 2.45) is 0 Å². The Hall–Kier alpha value is -2.07. The highest BCUT2D eigenvalue weighted by Crippen LogP contribution is 2.34. The first-order valence-electron chi connectivity index (χ1n) is 7.17. The topological polar surface area (TPSA) is 51.6 Å². The minimum Gasteiger partial charge on any atom is -0.489 e. The Balaban J connectivity index is 1.76. The van der Waals surface area contributed by atoms with Crippen LogP contribution in [-0.4, -0.2) is 22.3 Å². The summed E-state index contributed by atoms with van der Waals surface area (Å²) in [5.74, 6) is 1.51. The van der Waals surface area contributed by atoms with Crippen molar-refractivity contribution in [1.29, 1.82) is 0 Å². The molecule has 0 amide bonds. The van der Waals surface area contributed by atoms with E-state index >= 15 is 0 Å². The van der Waals surface area contributed by atoms with Crippen molar-refractivity contribution >= 4 is 0 Å². The molecule has 2 aromatic rings. The molecule has 2 atom stereocenters. The number of benzene rings is 1. The molecule has 110 valence electrons. The standard InChI is InChI=1S/C17H19NO3/c1-11(2)20-14-7-13(9-18-10-14)17(19)16-8-12-5-3-4-6-15(12)21-16/h3-7,9-11,16-17,19H,8H2,1-2H3. The molecule has 1 aliphatic heterocycles. The van der Waals surface area contributed by atoms with E-state index in [-0.39, 0.29) is 12.2 Å². The van der Waals surface area contributed by atoms with Gasteiger partial charge in [-0.05, 0) is 31.5 Å². The van der Waals surface area contributed by atoms with Crippen molar-refractivity contribution in [2.75, 3.05) is 0 Å². The summed E-state index contributed by atoms with van der Waals surface area (Å²) in [7, 11) is 0. The van der Waals surface area contributed by atoms with E-state index < -0.39 is 6.10 Å². The van der Waals surface area contributed by atoms with E-state index in [1.54, 1.807) is 12.4 Å². The monoisotopic (exact) mass is 285 g/mol. The highest BCUT2D eigenvalue weighted by Gasteiger charge is 2.30. The highest BCUT2D eigenvalue weighted by atomic mass is 16.5. The van der Waals surface area contributed by atoms with Gasteiger partial charge in [-0.25, -0.2) is 0 Å². The maximum atomic E-state index is 10.5. The van der Waals surface area contributed by atoms with E-state index in [1.165, 1.54) is 0 Å². The fraction of sp³-hybridized carbons (Fsp3) is 0.353. The van der Waals surface area contributed by atoms with Gasteiger partial charge in [0.1, 0.15) is 23.7 Å². The van der Waals surface area contributed by atoms with Crippen LogP contribution in [-0.2, 0) is 6.42 Å². The Morgan fingerprint density at radius 2 is 2.10 bits per heavy atom. The van der Waals surface area contributed by atoms with Gasteiger partial charge in [0.15, 0.2) is 0 Å². The van der Waals surface area contributed by atoms with Gasteiger partial charge in [-0.3, -0.25) is 4.98 Å². The molecule has 1 aromatic heterocycles. The Kier molecular flexibility index (Phi) is 3.80. The summed E-state index contributed by atoms with van der Waals surface area (Å²) in [6.45, 7) is 3.92. The molecule has 0 fully saturated rings. The molecular weight excluding hydrogens is 266 g/mol. The van der Waals surface area contributed by atoms with E-state index in [0.717, 1.165) is 11.3 Å². The van der Waals surface area contributed by atoms with Crippen LogP contribution in [0.4, 0.5) is 0 Å². The van der Waals surface area contributed by atoms with Crippen LogP contribution in [0.1, 0.15) is 31.1 Å². The molecule has 1 aromatic carbocycles. The maximum absolute atomic E-state index is 10.5. The average Bonchev–Trinajstić information content (AvgIpc) is 2.90. The SMILES string of the molecule is CC(C)Oc1cncc(C(O)C2Cc3ccccc3O2)c1. The Bertz CT molecular complexity index is 602. The number of nitrogens with zero attached hydrogens (tertiary/aromatic N) is 1. The molecular formula is C17H19NO3. The summed E-state index contributed by atoms with van der Waals surface area (Å²) in [5, 5.41) is 10.5. The van der Waals surface area contributed by atoms with Gasteiger partial charge in [-0.15, -0.1) is 0 Å². The van der Waals surface area contributed by atoms with Crippen LogP contribution in [0.2, 0.25) is 0 Å². The molecule has 4 nitrogen and oxygen atoms in total.